The second-order valence-corrected chi connectivity index (χ2v) is 5.14. The zero-order chi connectivity index (χ0) is 12.1. The van der Waals surface area contributed by atoms with Crippen molar-refractivity contribution in [2.75, 3.05) is 0 Å². The van der Waals surface area contributed by atoms with E-state index >= 15 is 0 Å². The molecule has 6 N–H and O–H groups in total. The van der Waals surface area contributed by atoms with Gasteiger partial charge in [-0.15, -0.1) is 0 Å². The van der Waals surface area contributed by atoms with E-state index in [1.54, 1.807) is 0 Å². The molecule has 0 aliphatic heterocycles. The van der Waals surface area contributed by atoms with Crippen LogP contribution in [0.1, 0.15) is 19.3 Å². The van der Waals surface area contributed by atoms with E-state index in [0.29, 0.717) is 0 Å². The summed E-state index contributed by atoms with van der Waals surface area (Å²) in [7, 11) is -4.67. The molecule has 0 amide bonds. The van der Waals surface area contributed by atoms with Crippen LogP contribution in [-0.2, 0) is 10.4 Å². The Balaban J connectivity index is 0.000000336. The summed E-state index contributed by atoms with van der Waals surface area (Å²) in [5, 5.41) is 16.5. The second-order valence-electron chi connectivity index (χ2n) is 2.97. The molecule has 1 fully saturated rings. The van der Waals surface area contributed by atoms with Crippen LogP contribution in [0.4, 0.5) is 0 Å². The Bertz CT molecular complexity index is 297. The van der Waals surface area contributed by atoms with Crippen molar-refractivity contribution in [3.63, 3.8) is 0 Å². The largest absolute Gasteiger partial charge is 0.394 e. The van der Waals surface area contributed by atoms with Crippen LogP contribution in [0.25, 0.3) is 0 Å². The van der Waals surface area contributed by atoms with Crippen LogP contribution < -0.4 is 5.73 Å². The summed E-state index contributed by atoms with van der Waals surface area (Å²) in [6, 6.07) is 0. The van der Waals surface area contributed by atoms with E-state index < -0.39 is 10.4 Å². The molecule has 2 unspecified atom stereocenters. The van der Waals surface area contributed by atoms with Crippen LogP contribution in [0.3, 0.4) is 0 Å². The van der Waals surface area contributed by atoms with Gasteiger partial charge in [0.05, 0.1) is 6.10 Å². The molecule has 1 rings (SSSR count). The Morgan fingerprint density at radius 2 is 1.87 bits per heavy atom. The van der Waals surface area contributed by atoms with Crippen LogP contribution in [-0.4, -0.2) is 39.2 Å². The molecular weight excluding hydrogens is 244 g/mol. The van der Waals surface area contributed by atoms with Crippen LogP contribution >= 0.6 is 11.8 Å². The number of thioether (sulfide) groups is 1. The highest BCUT2D eigenvalue weighted by atomic mass is 32.3. The lowest BCUT2D eigenvalue weighted by Crippen LogP contribution is -2.19. The molecule has 0 aromatic rings. The van der Waals surface area contributed by atoms with E-state index in [9.17, 15) is 5.11 Å². The normalized spacial score (nSPS) is 25.5. The molecule has 1 saturated carbocycles. The van der Waals surface area contributed by atoms with Gasteiger partial charge in [0.2, 0.25) is 0 Å². The molecule has 9 heteroatoms. The highest BCUT2D eigenvalue weighted by molar-refractivity contribution is 8.14. The highest BCUT2D eigenvalue weighted by Gasteiger charge is 2.26. The van der Waals surface area contributed by atoms with Gasteiger partial charge in [0, 0.05) is 5.25 Å². The van der Waals surface area contributed by atoms with Crippen LogP contribution in [0.5, 0.6) is 0 Å². The summed E-state index contributed by atoms with van der Waals surface area (Å²) in [5.41, 5.74) is 5.17. The number of aliphatic hydroxyl groups excluding tert-OH is 1. The first-order chi connectivity index (χ1) is 6.70. The zero-order valence-electron chi connectivity index (χ0n) is 7.83. The monoisotopic (exact) mass is 258 g/mol. The van der Waals surface area contributed by atoms with E-state index in [-0.39, 0.29) is 16.5 Å². The number of aliphatic hydroxyl groups is 1. The number of nitrogens with two attached hydrogens (primary N) is 1. The van der Waals surface area contributed by atoms with Crippen LogP contribution in [0, 0.1) is 5.41 Å². The zero-order valence-corrected chi connectivity index (χ0v) is 9.46. The molecule has 15 heavy (non-hydrogen) atoms. The van der Waals surface area contributed by atoms with Crippen molar-refractivity contribution in [3.8, 4) is 0 Å². The van der Waals surface area contributed by atoms with Gasteiger partial charge in [-0.1, -0.05) is 11.8 Å². The minimum atomic E-state index is -4.67. The average molecular weight is 258 g/mol. The summed E-state index contributed by atoms with van der Waals surface area (Å²) in [6.45, 7) is 0. The summed E-state index contributed by atoms with van der Waals surface area (Å²) in [4.78, 5) is 0. The first-order valence-electron chi connectivity index (χ1n) is 4.09. The van der Waals surface area contributed by atoms with Crippen molar-refractivity contribution in [1.82, 2.24) is 0 Å². The van der Waals surface area contributed by atoms with Crippen molar-refractivity contribution < 1.29 is 22.6 Å². The third kappa shape index (κ3) is 9.94. The van der Waals surface area contributed by atoms with Gasteiger partial charge in [-0.25, -0.2) is 0 Å². The van der Waals surface area contributed by atoms with Crippen molar-refractivity contribution in [3.05, 3.63) is 0 Å². The van der Waals surface area contributed by atoms with E-state index in [1.807, 2.05) is 0 Å². The van der Waals surface area contributed by atoms with E-state index in [0.717, 1.165) is 19.3 Å². The number of amidine groups is 1. The molecule has 0 bridgehead atoms. The Kier molecular flexibility index (Phi) is 6.13. The van der Waals surface area contributed by atoms with Crippen molar-refractivity contribution in [1.29, 1.82) is 5.41 Å². The smallest absolute Gasteiger partial charge is 0.392 e. The lowest BCUT2D eigenvalue weighted by molar-refractivity contribution is 0.188. The Hall–Kier alpha value is -0.350. The summed E-state index contributed by atoms with van der Waals surface area (Å²) < 4.78 is 31.6. The van der Waals surface area contributed by atoms with Crippen molar-refractivity contribution >= 4 is 27.3 Å². The Morgan fingerprint density at radius 1 is 1.40 bits per heavy atom. The maximum atomic E-state index is 9.26. The van der Waals surface area contributed by atoms with Crippen LogP contribution in [0.2, 0.25) is 0 Å². The maximum Gasteiger partial charge on any atom is 0.394 e. The van der Waals surface area contributed by atoms with Gasteiger partial charge in [-0.05, 0) is 19.3 Å². The molecule has 0 spiro atoms. The fourth-order valence-electron chi connectivity index (χ4n) is 1.21. The first kappa shape index (κ1) is 14.6. The third-order valence-electron chi connectivity index (χ3n) is 1.70. The predicted octanol–water partition coefficient (Wildman–Crippen LogP) is -0.126. The molecule has 1 aliphatic carbocycles. The van der Waals surface area contributed by atoms with E-state index in [4.69, 9.17) is 28.7 Å². The number of rotatable bonds is 1. The van der Waals surface area contributed by atoms with Gasteiger partial charge in [-0.2, -0.15) is 8.42 Å². The quantitative estimate of drug-likeness (QED) is 0.250. The third-order valence-corrected chi connectivity index (χ3v) is 2.80. The summed E-state index contributed by atoms with van der Waals surface area (Å²) in [6.07, 6.45) is 2.68. The molecule has 0 aromatic carbocycles. The van der Waals surface area contributed by atoms with Gasteiger partial charge in [0.25, 0.3) is 0 Å². The van der Waals surface area contributed by atoms with Gasteiger partial charge in [0.15, 0.2) is 5.17 Å². The topological polar surface area (TPSA) is 145 Å². The fourth-order valence-corrected chi connectivity index (χ4v) is 2.11. The molecule has 1 aliphatic rings. The average Bonchev–Trinajstić information content (AvgIpc) is 2.31. The first-order valence-corrected chi connectivity index (χ1v) is 6.36. The van der Waals surface area contributed by atoms with Gasteiger partial charge in [0.1, 0.15) is 0 Å². The molecule has 2 atom stereocenters. The molecule has 0 radical (unpaired) electrons. The van der Waals surface area contributed by atoms with Gasteiger partial charge >= 0.3 is 10.4 Å². The Morgan fingerprint density at radius 3 is 2.13 bits per heavy atom. The lowest BCUT2D eigenvalue weighted by Gasteiger charge is -2.11. The Labute approximate surface area is 92.1 Å². The standard InChI is InChI=1S/C6H12N2OS.H2O4S/c7-6(8)10-5-3-1-2-4(5)9;1-5(2,3)4/h4-5,9H,1-3H2,(H3,7,8);(H2,1,2,3,4). The highest BCUT2D eigenvalue weighted by Crippen LogP contribution is 2.29. The second kappa shape index (κ2) is 6.28. The predicted molar refractivity (Wildman–Crippen MR) is 57.3 cm³/mol. The van der Waals surface area contributed by atoms with Gasteiger partial charge < -0.3 is 10.8 Å². The molecule has 0 heterocycles. The van der Waals surface area contributed by atoms with E-state index in [1.165, 1.54) is 11.8 Å². The minimum Gasteiger partial charge on any atom is -0.392 e. The lowest BCUT2D eigenvalue weighted by atomic mass is 10.3. The minimum absolute atomic E-state index is 0.117. The molecule has 0 saturated heterocycles. The van der Waals surface area contributed by atoms with Crippen LogP contribution in [0.15, 0.2) is 0 Å². The number of nitrogens with one attached hydrogen (secondary N) is 1. The van der Waals surface area contributed by atoms with E-state index in [2.05, 4.69) is 0 Å². The molecule has 7 nitrogen and oxygen atoms in total. The SMILES string of the molecule is N=C(N)SC1CCCC1O.O=S(=O)(O)O. The molecule has 90 valence electrons. The van der Waals surface area contributed by atoms with Crippen molar-refractivity contribution in [2.45, 2.75) is 30.6 Å². The van der Waals surface area contributed by atoms with Crippen molar-refractivity contribution in [2.24, 2.45) is 5.73 Å². The maximum absolute atomic E-state index is 9.26. The fraction of sp³-hybridized carbons (Fsp3) is 0.833. The summed E-state index contributed by atoms with van der Waals surface area (Å²) in [5.74, 6) is 0. The summed E-state index contributed by atoms with van der Waals surface area (Å²) >= 11 is 1.28. The molecule has 0 aromatic heterocycles. The number of hydrogen-bond donors (Lipinski definition) is 5. The number of hydrogen-bond acceptors (Lipinski definition) is 5. The van der Waals surface area contributed by atoms with Gasteiger partial charge in [-0.3, -0.25) is 14.5 Å². The molecular formula is C6H14N2O5S2.